The minimum Gasteiger partial charge on any atom is -0.493 e. The van der Waals surface area contributed by atoms with E-state index >= 15 is 0 Å². The number of carboxylic acid groups (broad SMARTS) is 1. The smallest absolute Gasteiger partial charge is 0.305 e. The van der Waals surface area contributed by atoms with Gasteiger partial charge in [-0.1, -0.05) is 0 Å². The number of hydrogen-bond donors (Lipinski definition) is 2. The quantitative estimate of drug-likeness (QED) is 0.733. The van der Waals surface area contributed by atoms with Gasteiger partial charge in [-0.25, -0.2) is 0 Å². The Morgan fingerprint density at radius 2 is 2.11 bits per heavy atom. The molecule has 0 aromatic heterocycles. The molecule has 3 N–H and O–H groups in total. The van der Waals surface area contributed by atoms with Crippen molar-refractivity contribution in [3.8, 4) is 11.5 Å². The number of rotatable bonds is 6. The maximum Gasteiger partial charge on any atom is 0.305 e. The molecule has 98 valence electrons. The van der Waals surface area contributed by atoms with Crippen LogP contribution in [0.15, 0.2) is 12.1 Å². The van der Waals surface area contributed by atoms with E-state index in [9.17, 15) is 9.59 Å². The van der Waals surface area contributed by atoms with E-state index in [4.69, 9.17) is 20.3 Å². The van der Waals surface area contributed by atoms with Crippen molar-refractivity contribution in [1.29, 1.82) is 0 Å². The Balaban J connectivity index is 3.22. The molecule has 0 amide bonds. The molecule has 0 aliphatic rings. The summed E-state index contributed by atoms with van der Waals surface area (Å²) in [4.78, 5) is 21.6. The van der Waals surface area contributed by atoms with E-state index in [2.05, 4.69) is 0 Å². The number of carboxylic acids is 1. The molecule has 0 saturated heterocycles. The van der Waals surface area contributed by atoms with Crippen LogP contribution in [0, 0.1) is 0 Å². The largest absolute Gasteiger partial charge is 0.493 e. The number of nitrogens with two attached hydrogens (primary N) is 1. The van der Waals surface area contributed by atoms with Crippen molar-refractivity contribution >= 4 is 12.3 Å². The Labute approximate surface area is 104 Å². The fourth-order valence-electron chi connectivity index (χ4n) is 1.62. The molecule has 1 unspecified atom stereocenters. The van der Waals surface area contributed by atoms with E-state index in [-0.39, 0.29) is 12.0 Å². The molecule has 6 nitrogen and oxygen atoms in total. The first-order chi connectivity index (χ1) is 8.53. The molecule has 18 heavy (non-hydrogen) atoms. The summed E-state index contributed by atoms with van der Waals surface area (Å²) in [6, 6.07) is 2.36. The number of benzene rings is 1. The van der Waals surface area contributed by atoms with Gasteiger partial charge in [0.05, 0.1) is 26.2 Å². The Morgan fingerprint density at radius 1 is 1.44 bits per heavy atom. The topological polar surface area (TPSA) is 98.9 Å². The van der Waals surface area contributed by atoms with Gasteiger partial charge in [0.1, 0.15) is 0 Å². The van der Waals surface area contributed by atoms with Gasteiger partial charge < -0.3 is 20.3 Å². The van der Waals surface area contributed by atoms with Gasteiger partial charge in [-0.2, -0.15) is 0 Å². The molecule has 0 fully saturated rings. The Morgan fingerprint density at radius 3 is 2.56 bits per heavy atom. The molecule has 1 rings (SSSR count). The minimum absolute atomic E-state index is 0.228. The number of methoxy groups -OCH3 is 2. The van der Waals surface area contributed by atoms with E-state index in [1.165, 1.54) is 20.3 Å². The molecule has 0 aliphatic heterocycles. The molecular weight excluding hydrogens is 238 g/mol. The van der Waals surface area contributed by atoms with Crippen molar-refractivity contribution in [2.24, 2.45) is 5.73 Å². The van der Waals surface area contributed by atoms with Gasteiger partial charge in [0.15, 0.2) is 17.8 Å². The maximum atomic E-state index is 11.0. The Kier molecular flexibility index (Phi) is 4.67. The second-order valence-corrected chi connectivity index (χ2v) is 3.67. The molecule has 1 aromatic rings. The van der Waals surface area contributed by atoms with Crippen LogP contribution in [0.25, 0.3) is 0 Å². The number of carbonyl (C=O) groups is 2. The van der Waals surface area contributed by atoms with Crippen molar-refractivity contribution in [2.75, 3.05) is 14.2 Å². The predicted molar refractivity (Wildman–Crippen MR) is 64.1 cm³/mol. The molecule has 0 spiro atoms. The van der Waals surface area contributed by atoms with Crippen LogP contribution in [-0.2, 0) is 4.79 Å². The summed E-state index contributed by atoms with van der Waals surface area (Å²) >= 11 is 0. The van der Waals surface area contributed by atoms with Crippen LogP contribution in [-0.4, -0.2) is 31.6 Å². The highest BCUT2D eigenvalue weighted by atomic mass is 16.5. The first kappa shape index (κ1) is 14.0. The van der Waals surface area contributed by atoms with Crippen LogP contribution in [0.3, 0.4) is 0 Å². The lowest BCUT2D eigenvalue weighted by atomic mass is 10.0. The Bertz CT molecular complexity index is 458. The van der Waals surface area contributed by atoms with E-state index in [1.807, 2.05) is 0 Å². The lowest BCUT2D eigenvalue weighted by Crippen LogP contribution is -2.15. The van der Waals surface area contributed by atoms with Crippen LogP contribution >= 0.6 is 0 Å². The van der Waals surface area contributed by atoms with Crippen LogP contribution in [0.5, 0.6) is 11.5 Å². The van der Waals surface area contributed by atoms with E-state index in [1.54, 1.807) is 6.07 Å². The average Bonchev–Trinajstić information content (AvgIpc) is 2.35. The zero-order valence-corrected chi connectivity index (χ0v) is 10.2. The standard InChI is InChI=1S/C12H15NO5/c1-17-10-4-7(9(13)5-11(15)16)3-8(6-14)12(10)18-2/h3-4,6,9H,5,13H2,1-2H3,(H,15,16). The molecule has 6 heteroatoms. The highest BCUT2D eigenvalue weighted by molar-refractivity contribution is 5.82. The van der Waals surface area contributed by atoms with Gasteiger partial charge in [0, 0.05) is 6.04 Å². The van der Waals surface area contributed by atoms with Crippen molar-refractivity contribution in [1.82, 2.24) is 0 Å². The van der Waals surface area contributed by atoms with Crippen molar-refractivity contribution in [3.63, 3.8) is 0 Å². The fraction of sp³-hybridized carbons (Fsp3) is 0.333. The van der Waals surface area contributed by atoms with Crippen LogP contribution in [0.2, 0.25) is 0 Å². The van der Waals surface area contributed by atoms with Gasteiger partial charge in [-0.05, 0) is 17.7 Å². The summed E-state index contributed by atoms with van der Waals surface area (Å²) in [5, 5.41) is 8.69. The second-order valence-electron chi connectivity index (χ2n) is 3.67. The fourth-order valence-corrected chi connectivity index (χ4v) is 1.62. The normalized spacial score (nSPS) is 11.7. The van der Waals surface area contributed by atoms with E-state index < -0.39 is 12.0 Å². The van der Waals surface area contributed by atoms with Crippen LogP contribution in [0.1, 0.15) is 28.4 Å². The molecule has 0 saturated carbocycles. The molecule has 0 radical (unpaired) electrons. The number of aldehydes is 1. The first-order valence-corrected chi connectivity index (χ1v) is 5.22. The molecule has 1 aromatic carbocycles. The third kappa shape index (κ3) is 2.98. The summed E-state index contributed by atoms with van der Waals surface area (Å²) in [5.41, 5.74) is 6.52. The van der Waals surface area contributed by atoms with Gasteiger partial charge in [-0.3, -0.25) is 9.59 Å². The van der Waals surface area contributed by atoms with Gasteiger partial charge in [0.25, 0.3) is 0 Å². The van der Waals surface area contributed by atoms with Crippen molar-refractivity contribution in [3.05, 3.63) is 23.3 Å². The highest BCUT2D eigenvalue weighted by Crippen LogP contribution is 2.33. The third-order valence-electron chi connectivity index (χ3n) is 2.48. The number of carbonyl (C=O) groups excluding carboxylic acids is 1. The number of aliphatic carboxylic acids is 1. The summed E-state index contributed by atoms with van der Waals surface area (Å²) < 4.78 is 10.1. The van der Waals surface area contributed by atoms with Gasteiger partial charge in [0.2, 0.25) is 0 Å². The predicted octanol–water partition coefficient (Wildman–Crippen LogP) is 0.991. The highest BCUT2D eigenvalue weighted by Gasteiger charge is 2.17. The maximum absolute atomic E-state index is 11.0. The summed E-state index contributed by atoms with van der Waals surface area (Å²) in [6.07, 6.45) is 0.381. The SMILES string of the molecule is COc1cc(C(N)CC(=O)O)cc(C=O)c1OC. The monoisotopic (exact) mass is 253 g/mol. The van der Waals surface area contributed by atoms with Gasteiger partial charge in [-0.15, -0.1) is 0 Å². The number of ether oxygens (including phenoxy) is 2. The first-order valence-electron chi connectivity index (χ1n) is 5.22. The summed E-state index contributed by atoms with van der Waals surface area (Å²) in [5.74, 6) is -0.360. The van der Waals surface area contributed by atoms with E-state index in [0.29, 0.717) is 23.3 Å². The van der Waals surface area contributed by atoms with E-state index in [0.717, 1.165) is 0 Å². The summed E-state index contributed by atoms with van der Waals surface area (Å²) in [6.45, 7) is 0. The Hall–Kier alpha value is -2.08. The van der Waals surface area contributed by atoms with Crippen LogP contribution in [0.4, 0.5) is 0 Å². The number of hydrogen-bond acceptors (Lipinski definition) is 5. The minimum atomic E-state index is -1.01. The lowest BCUT2D eigenvalue weighted by Gasteiger charge is -2.15. The molecule has 1 atom stereocenters. The third-order valence-corrected chi connectivity index (χ3v) is 2.48. The van der Waals surface area contributed by atoms with Crippen LogP contribution < -0.4 is 15.2 Å². The second kappa shape index (κ2) is 6.02. The molecule has 0 heterocycles. The summed E-state index contributed by atoms with van der Waals surface area (Å²) in [7, 11) is 2.85. The van der Waals surface area contributed by atoms with Crippen molar-refractivity contribution in [2.45, 2.75) is 12.5 Å². The molecular formula is C12H15NO5. The zero-order valence-electron chi connectivity index (χ0n) is 10.2. The van der Waals surface area contributed by atoms with Gasteiger partial charge >= 0.3 is 5.97 Å². The molecule has 0 bridgehead atoms. The van der Waals surface area contributed by atoms with Crippen molar-refractivity contribution < 1.29 is 24.2 Å². The average molecular weight is 253 g/mol. The zero-order chi connectivity index (χ0) is 13.7. The lowest BCUT2D eigenvalue weighted by molar-refractivity contribution is -0.137. The molecule has 0 aliphatic carbocycles.